The largest absolute Gasteiger partial charge is 0.497 e. The Balaban J connectivity index is 1.68. The van der Waals surface area contributed by atoms with Crippen molar-refractivity contribution in [1.82, 2.24) is 5.32 Å². The fraction of sp³-hybridized carbons (Fsp3) is 0.364. The lowest BCUT2D eigenvalue weighted by Crippen LogP contribution is -2.32. The third-order valence-corrected chi connectivity index (χ3v) is 5.28. The molecule has 0 spiro atoms. The highest BCUT2D eigenvalue weighted by atomic mass is 32.1. The van der Waals surface area contributed by atoms with E-state index in [9.17, 15) is 4.79 Å². The zero-order chi connectivity index (χ0) is 20.1. The van der Waals surface area contributed by atoms with Gasteiger partial charge in [0.25, 0.3) is 0 Å². The maximum absolute atomic E-state index is 12.1. The molecule has 1 unspecified atom stereocenters. The lowest BCUT2D eigenvalue weighted by Gasteiger charge is -2.22. The van der Waals surface area contributed by atoms with Gasteiger partial charge in [-0.25, -0.2) is 0 Å². The number of methoxy groups -OCH3 is 1. The number of nitrogens with one attached hydrogen (secondary N) is 2. The van der Waals surface area contributed by atoms with Crippen LogP contribution in [0.1, 0.15) is 43.4 Å². The van der Waals surface area contributed by atoms with Gasteiger partial charge in [-0.3, -0.25) is 4.79 Å². The number of carbonyl (C=O) groups is 1. The molecule has 2 aromatic rings. The predicted octanol–water partition coefficient (Wildman–Crippen LogP) is 4.57. The van der Waals surface area contributed by atoms with Crippen LogP contribution in [-0.4, -0.2) is 24.7 Å². The summed E-state index contributed by atoms with van der Waals surface area (Å²) >= 11 is 5.53. The van der Waals surface area contributed by atoms with E-state index in [4.69, 9.17) is 17.0 Å². The van der Waals surface area contributed by atoms with Crippen molar-refractivity contribution in [3.63, 3.8) is 0 Å². The summed E-state index contributed by atoms with van der Waals surface area (Å²) in [5.74, 6) is 1.02. The Morgan fingerprint density at radius 2 is 2.00 bits per heavy atom. The summed E-state index contributed by atoms with van der Waals surface area (Å²) in [4.78, 5) is 14.0. The maximum Gasteiger partial charge on any atom is 0.227 e. The van der Waals surface area contributed by atoms with Gasteiger partial charge in [0.2, 0.25) is 5.91 Å². The third kappa shape index (κ3) is 4.62. The molecule has 5 nitrogen and oxygen atoms in total. The van der Waals surface area contributed by atoms with Gasteiger partial charge >= 0.3 is 0 Å². The molecule has 1 aliphatic rings. The quantitative estimate of drug-likeness (QED) is 0.700. The second-order valence-corrected chi connectivity index (χ2v) is 7.39. The van der Waals surface area contributed by atoms with Gasteiger partial charge in [-0.1, -0.05) is 25.1 Å². The van der Waals surface area contributed by atoms with Gasteiger partial charge < -0.3 is 20.3 Å². The molecule has 1 saturated heterocycles. The first kappa shape index (κ1) is 20.1. The molecule has 1 fully saturated rings. The molecule has 1 aliphatic heterocycles. The van der Waals surface area contributed by atoms with Crippen LogP contribution < -0.4 is 20.3 Å². The molecule has 0 radical (unpaired) electrons. The molecule has 0 bridgehead atoms. The molecule has 1 heterocycles. The molecule has 1 atom stereocenters. The summed E-state index contributed by atoms with van der Waals surface area (Å²) in [6.07, 6.45) is 2.43. The van der Waals surface area contributed by atoms with Crippen LogP contribution in [0, 0.1) is 6.92 Å². The number of hydrogen-bond donors (Lipinski definition) is 2. The molecule has 0 saturated carbocycles. The fourth-order valence-electron chi connectivity index (χ4n) is 3.46. The second-order valence-electron chi connectivity index (χ2n) is 6.98. The van der Waals surface area contributed by atoms with Gasteiger partial charge in [-0.05, 0) is 67.4 Å². The number of rotatable bonds is 6. The van der Waals surface area contributed by atoms with Crippen LogP contribution in [0.5, 0.6) is 5.75 Å². The normalized spacial score (nSPS) is 14.7. The Labute approximate surface area is 172 Å². The summed E-state index contributed by atoms with van der Waals surface area (Å²) in [5.41, 5.74) is 4.07. The van der Waals surface area contributed by atoms with E-state index in [0.29, 0.717) is 11.5 Å². The Morgan fingerprint density at radius 1 is 1.25 bits per heavy atom. The number of thiocarbonyl (C=S) groups is 1. The van der Waals surface area contributed by atoms with Crippen LogP contribution in [0.15, 0.2) is 42.5 Å². The van der Waals surface area contributed by atoms with Crippen molar-refractivity contribution in [3.8, 4) is 5.75 Å². The van der Waals surface area contributed by atoms with Gasteiger partial charge in [0.1, 0.15) is 5.75 Å². The highest BCUT2D eigenvalue weighted by Gasteiger charge is 2.23. The molecule has 28 heavy (non-hydrogen) atoms. The van der Waals surface area contributed by atoms with E-state index in [1.807, 2.05) is 54.3 Å². The summed E-state index contributed by atoms with van der Waals surface area (Å²) < 4.78 is 5.23. The van der Waals surface area contributed by atoms with E-state index < -0.39 is 0 Å². The highest BCUT2D eigenvalue weighted by molar-refractivity contribution is 7.80. The lowest BCUT2D eigenvalue weighted by molar-refractivity contribution is -0.117. The van der Waals surface area contributed by atoms with Crippen molar-refractivity contribution in [2.45, 2.75) is 39.2 Å². The Hall–Kier alpha value is -2.60. The molecule has 2 aromatic carbocycles. The summed E-state index contributed by atoms with van der Waals surface area (Å²) in [6.45, 7) is 4.92. The van der Waals surface area contributed by atoms with Gasteiger partial charge in [0.05, 0.1) is 13.2 Å². The highest BCUT2D eigenvalue weighted by Crippen LogP contribution is 2.28. The molecule has 0 aromatic heterocycles. The maximum atomic E-state index is 12.1. The van der Waals surface area contributed by atoms with Crippen molar-refractivity contribution >= 4 is 34.6 Å². The standard InChI is InChI=1S/C22H27N3O2S/c1-4-19(16-8-11-18(27-3)12-9-16)24-22(28)23-17-10-7-15(2)20(14-17)25-13-5-6-21(25)26/h7-12,14,19H,4-6,13H2,1-3H3,(H2,23,24,28). The molecule has 6 heteroatoms. The number of ether oxygens (including phenoxy) is 1. The Kier molecular flexibility index (Phi) is 6.52. The first-order valence-corrected chi connectivity index (χ1v) is 10.0. The molecular formula is C22H27N3O2S. The zero-order valence-electron chi connectivity index (χ0n) is 16.6. The molecule has 2 N–H and O–H groups in total. The average Bonchev–Trinajstić information content (AvgIpc) is 3.13. The topological polar surface area (TPSA) is 53.6 Å². The van der Waals surface area contributed by atoms with Crippen LogP contribution in [0.3, 0.4) is 0 Å². The van der Waals surface area contributed by atoms with E-state index in [1.54, 1.807) is 7.11 Å². The monoisotopic (exact) mass is 397 g/mol. The van der Waals surface area contributed by atoms with E-state index in [1.165, 1.54) is 0 Å². The fourth-order valence-corrected chi connectivity index (χ4v) is 3.72. The van der Waals surface area contributed by atoms with Crippen molar-refractivity contribution in [3.05, 3.63) is 53.6 Å². The van der Waals surface area contributed by atoms with Gasteiger partial charge in [0.15, 0.2) is 5.11 Å². The smallest absolute Gasteiger partial charge is 0.227 e. The van der Waals surface area contributed by atoms with Crippen LogP contribution in [0.4, 0.5) is 11.4 Å². The zero-order valence-corrected chi connectivity index (χ0v) is 17.4. The van der Waals surface area contributed by atoms with E-state index in [0.717, 1.165) is 47.6 Å². The Bertz CT molecular complexity index is 851. The summed E-state index contributed by atoms with van der Waals surface area (Å²) in [6, 6.07) is 14.1. The number of amides is 1. The number of benzene rings is 2. The SMILES string of the molecule is CCC(NC(=S)Nc1ccc(C)c(N2CCCC2=O)c1)c1ccc(OC)cc1. The van der Waals surface area contributed by atoms with Gasteiger partial charge in [-0.2, -0.15) is 0 Å². The van der Waals surface area contributed by atoms with Crippen molar-refractivity contribution in [1.29, 1.82) is 0 Å². The number of aryl methyl sites for hydroxylation is 1. The van der Waals surface area contributed by atoms with Crippen LogP contribution in [-0.2, 0) is 4.79 Å². The van der Waals surface area contributed by atoms with Crippen molar-refractivity contribution < 1.29 is 9.53 Å². The molecule has 3 rings (SSSR count). The molecule has 1 amide bonds. The minimum absolute atomic E-state index is 0.107. The first-order valence-electron chi connectivity index (χ1n) is 9.64. The molecule has 0 aliphatic carbocycles. The molecule has 148 valence electrons. The predicted molar refractivity (Wildman–Crippen MR) is 118 cm³/mol. The van der Waals surface area contributed by atoms with E-state index >= 15 is 0 Å². The summed E-state index contributed by atoms with van der Waals surface area (Å²) in [5, 5.41) is 7.20. The van der Waals surface area contributed by atoms with Crippen LogP contribution in [0.2, 0.25) is 0 Å². The minimum atomic E-state index is 0.107. The minimum Gasteiger partial charge on any atom is -0.497 e. The number of carbonyl (C=O) groups excluding carboxylic acids is 1. The van der Waals surface area contributed by atoms with Crippen molar-refractivity contribution in [2.24, 2.45) is 0 Å². The average molecular weight is 398 g/mol. The van der Waals surface area contributed by atoms with Crippen LogP contribution in [0.25, 0.3) is 0 Å². The Morgan fingerprint density at radius 3 is 2.61 bits per heavy atom. The third-order valence-electron chi connectivity index (χ3n) is 5.06. The first-order chi connectivity index (χ1) is 13.5. The number of hydrogen-bond acceptors (Lipinski definition) is 3. The lowest BCUT2D eigenvalue weighted by atomic mass is 10.0. The number of nitrogens with zero attached hydrogens (tertiary/aromatic N) is 1. The summed E-state index contributed by atoms with van der Waals surface area (Å²) in [7, 11) is 1.66. The second kappa shape index (κ2) is 9.06. The van der Waals surface area contributed by atoms with Gasteiger partial charge in [0, 0.05) is 24.3 Å². The van der Waals surface area contributed by atoms with Gasteiger partial charge in [-0.15, -0.1) is 0 Å². The van der Waals surface area contributed by atoms with Crippen molar-refractivity contribution in [2.75, 3.05) is 23.9 Å². The van der Waals surface area contributed by atoms with E-state index in [-0.39, 0.29) is 11.9 Å². The van der Waals surface area contributed by atoms with E-state index in [2.05, 4.69) is 17.6 Å². The number of anilines is 2. The molecular weight excluding hydrogens is 370 g/mol. The van der Waals surface area contributed by atoms with Crippen LogP contribution >= 0.6 is 12.2 Å².